The molecule has 1 aromatic heterocycles. The molecule has 2 rings (SSSR count). The van der Waals surface area contributed by atoms with Crippen molar-refractivity contribution in [1.82, 2.24) is 9.97 Å². The Hall–Kier alpha value is -1.81. The van der Waals surface area contributed by atoms with Gasteiger partial charge in [0.15, 0.2) is 0 Å². The number of hydrogen-bond donors (Lipinski definition) is 1. The van der Waals surface area contributed by atoms with Gasteiger partial charge in [-0.1, -0.05) is 37.6 Å². The van der Waals surface area contributed by atoms with Crippen LogP contribution < -0.4 is 10.1 Å². The summed E-state index contributed by atoms with van der Waals surface area (Å²) in [5, 5.41) is 3.96. The van der Waals surface area contributed by atoms with Gasteiger partial charge in [0.05, 0.1) is 5.56 Å². The van der Waals surface area contributed by atoms with Crippen LogP contribution in [0.15, 0.2) is 30.6 Å². The third-order valence-electron chi connectivity index (χ3n) is 3.03. The van der Waals surface area contributed by atoms with E-state index in [4.69, 9.17) is 16.3 Å². The first-order valence-corrected chi connectivity index (χ1v) is 7.45. The maximum absolute atomic E-state index is 5.98. The average Bonchev–Trinajstić information content (AvgIpc) is 2.45. The molecule has 1 aromatic carbocycles. The second kappa shape index (κ2) is 7.27. The summed E-state index contributed by atoms with van der Waals surface area (Å²) in [4.78, 5) is 8.57. The third kappa shape index (κ3) is 4.08. The van der Waals surface area contributed by atoms with Crippen molar-refractivity contribution in [2.75, 3.05) is 11.9 Å². The number of nitrogens with zero attached hydrogens (tertiary/aromatic N) is 2. The molecule has 4 nitrogen and oxygen atoms in total. The SMILES string of the molecule is CCNc1ncnc(OCc2cccc(Cl)c2)c1C(C)C. The van der Waals surface area contributed by atoms with E-state index in [2.05, 4.69) is 29.1 Å². The van der Waals surface area contributed by atoms with Crippen molar-refractivity contribution in [3.63, 3.8) is 0 Å². The normalized spacial score (nSPS) is 10.7. The van der Waals surface area contributed by atoms with E-state index in [1.165, 1.54) is 6.33 Å². The molecule has 0 bridgehead atoms. The van der Waals surface area contributed by atoms with Gasteiger partial charge in [-0.15, -0.1) is 0 Å². The van der Waals surface area contributed by atoms with Crippen molar-refractivity contribution >= 4 is 17.4 Å². The van der Waals surface area contributed by atoms with Gasteiger partial charge in [-0.05, 0) is 30.5 Å². The first kappa shape index (κ1) is 15.6. The van der Waals surface area contributed by atoms with Crippen molar-refractivity contribution in [3.05, 3.63) is 46.7 Å². The molecule has 0 saturated carbocycles. The highest BCUT2D eigenvalue weighted by Gasteiger charge is 2.15. The van der Waals surface area contributed by atoms with Crippen LogP contribution in [-0.4, -0.2) is 16.5 Å². The van der Waals surface area contributed by atoms with Crippen molar-refractivity contribution in [2.24, 2.45) is 0 Å². The molecule has 2 aromatic rings. The number of aromatic nitrogens is 2. The highest BCUT2D eigenvalue weighted by molar-refractivity contribution is 6.30. The molecule has 0 amide bonds. The maximum atomic E-state index is 5.98. The van der Waals surface area contributed by atoms with Crippen LogP contribution in [0.4, 0.5) is 5.82 Å². The van der Waals surface area contributed by atoms with Crippen molar-refractivity contribution in [1.29, 1.82) is 0 Å². The number of anilines is 1. The number of benzene rings is 1. The molecule has 0 radical (unpaired) electrons. The van der Waals surface area contributed by atoms with Gasteiger partial charge in [0, 0.05) is 11.6 Å². The van der Waals surface area contributed by atoms with E-state index in [1.807, 2.05) is 31.2 Å². The number of ether oxygens (including phenoxy) is 1. The zero-order chi connectivity index (χ0) is 15.2. The molecule has 0 unspecified atom stereocenters. The molecule has 1 heterocycles. The quantitative estimate of drug-likeness (QED) is 0.866. The molecule has 0 aliphatic heterocycles. The van der Waals surface area contributed by atoms with Crippen LogP contribution in [0.25, 0.3) is 0 Å². The van der Waals surface area contributed by atoms with Gasteiger partial charge in [-0.2, -0.15) is 0 Å². The minimum absolute atomic E-state index is 0.273. The highest BCUT2D eigenvalue weighted by atomic mass is 35.5. The second-order valence-corrected chi connectivity index (χ2v) is 5.48. The summed E-state index contributed by atoms with van der Waals surface area (Å²) in [7, 11) is 0. The Kier molecular flexibility index (Phi) is 5.39. The molecule has 0 aliphatic rings. The van der Waals surface area contributed by atoms with Gasteiger partial charge < -0.3 is 10.1 Å². The largest absolute Gasteiger partial charge is 0.472 e. The standard InChI is InChI=1S/C16H20ClN3O/c1-4-18-15-14(11(2)3)16(20-10-19-15)21-9-12-6-5-7-13(17)8-12/h5-8,10-11H,4,9H2,1-3H3,(H,18,19,20). The monoisotopic (exact) mass is 305 g/mol. The molecule has 0 spiro atoms. The molecule has 112 valence electrons. The van der Waals surface area contributed by atoms with Gasteiger partial charge in [0.2, 0.25) is 5.88 Å². The van der Waals surface area contributed by atoms with Crippen LogP contribution in [-0.2, 0) is 6.61 Å². The van der Waals surface area contributed by atoms with E-state index in [0.717, 1.165) is 23.5 Å². The Balaban J connectivity index is 2.21. The zero-order valence-corrected chi connectivity index (χ0v) is 13.3. The van der Waals surface area contributed by atoms with Crippen LogP contribution in [0, 0.1) is 0 Å². The van der Waals surface area contributed by atoms with Crippen LogP contribution in [0.3, 0.4) is 0 Å². The molecule has 0 fully saturated rings. The first-order valence-electron chi connectivity index (χ1n) is 7.07. The fourth-order valence-electron chi connectivity index (χ4n) is 2.10. The van der Waals surface area contributed by atoms with Crippen LogP contribution in [0.1, 0.15) is 37.8 Å². The number of halogens is 1. The number of rotatable bonds is 6. The highest BCUT2D eigenvalue weighted by Crippen LogP contribution is 2.30. The summed E-state index contributed by atoms with van der Waals surface area (Å²) < 4.78 is 5.88. The summed E-state index contributed by atoms with van der Waals surface area (Å²) in [6.45, 7) is 7.49. The van der Waals surface area contributed by atoms with Gasteiger partial charge in [-0.25, -0.2) is 9.97 Å². The lowest BCUT2D eigenvalue weighted by molar-refractivity contribution is 0.289. The van der Waals surface area contributed by atoms with Gasteiger partial charge >= 0.3 is 0 Å². The topological polar surface area (TPSA) is 47.0 Å². The summed E-state index contributed by atoms with van der Waals surface area (Å²) >= 11 is 5.98. The lowest BCUT2D eigenvalue weighted by Gasteiger charge is -2.16. The Labute approximate surface area is 130 Å². The maximum Gasteiger partial charge on any atom is 0.222 e. The second-order valence-electron chi connectivity index (χ2n) is 5.04. The smallest absolute Gasteiger partial charge is 0.222 e. The molecule has 5 heteroatoms. The Morgan fingerprint density at radius 1 is 1.29 bits per heavy atom. The van der Waals surface area contributed by atoms with E-state index in [0.29, 0.717) is 17.5 Å². The van der Waals surface area contributed by atoms with E-state index >= 15 is 0 Å². The predicted molar refractivity (Wildman–Crippen MR) is 86.1 cm³/mol. The Bertz CT molecular complexity index is 602. The third-order valence-corrected chi connectivity index (χ3v) is 3.27. The van der Waals surface area contributed by atoms with Crippen LogP contribution >= 0.6 is 11.6 Å². The zero-order valence-electron chi connectivity index (χ0n) is 12.6. The lowest BCUT2D eigenvalue weighted by atomic mass is 10.1. The number of hydrogen-bond acceptors (Lipinski definition) is 4. The van der Waals surface area contributed by atoms with Crippen molar-refractivity contribution < 1.29 is 4.74 Å². The van der Waals surface area contributed by atoms with Crippen molar-refractivity contribution in [3.8, 4) is 5.88 Å². The fraction of sp³-hybridized carbons (Fsp3) is 0.375. The van der Waals surface area contributed by atoms with Crippen LogP contribution in [0.5, 0.6) is 5.88 Å². The van der Waals surface area contributed by atoms with Gasteiger partial charge in [-0.3, -0.25) is 0 Å². The minimum atomic E-state index is 0.273. The summed E-state index contributed by atoms with van der Waals surface area (Å²) in [6, 6.07) is 7.63. The molecular formula is C16H20ClN3O. The van der Waals surface area contributed by atoms with E-state index in [-0.39, 0.29) is 5.92 Å². The fourth-order valence-corrected chi connectivity index (χ4v) is 2.31. The minimum Gasteiger partial charge on any atom is -0.472 e. The van der Waals surface area contributed by atoms with Gasteiger partial charge in [0.25, 0.3) is 0 Å². The average molecular weight is 306 g/mol. The molecular weight excluding hydrogens is 286 g/mol. The van der Waals surface area contributed by atoms with E-state index in [1.54, 1.807) is 0 Å². The van der Waals surface area contributed by atoms with Crippen molar-refractivity contribution in [2.45, 2.75) is 33.3 Å². The number of nitrogens with one attached hydrogen (secondary N) is 1. The van der Waals surface area contributed by atoms with E-state index in [9.17, 15) is 0 Å². The van der Waals surface area contributed by atoms with Gasteiger partial charge in [0.1, 0.15) is 18.8 Å². The lowest BCUT2D eigenvalue weighted by Crippen LogP contribution is -2.09. The Morgan fingerprint density at radius 3 is 2.76 bits per heavy atom. The molecule has 1 N–H and O–H groups in total. The van der Waals surface area contributed by atoms with Crippen LogP contribution in [0.2, 0.25) is 5.02 Å². The van der Waals surface area contributed by atoms with E-state index < -0.39 is 0 Å². The predicted octanol–water partition coefficient (Wildman–Crippen LogP) is 4.26. The molecule has 0 aliphatic carbocycles. The molecule has 0 saturated heterocycles. The summed E-state index contributed by atoms with van der Waals surface area (Å²) in [6.07, 6.45) is 1.52. The molecule has 0 atom stereocenters. The summed E-state index contributed by atoms with van der Waals surface area (Å²) in [5.41, 5.74) is 2.02. The molecule has 21 heavy (non-hydrogen) atoms. The first-order chi connectivity index (χ1) is 10.1. The Morgan fingerprint density at radius 2 is 2.10 bits per heavy atom. The summed E-state index contributed by atoms with van der Waals surface area (Å²) in [5.74, 6) is 1.73.